The lowest BCUT2D eigenvalue weighted by Crippen LogP contribution is -2.05. The molecule has 0 saturated carbocycles. The highest BCUT2D eigenvalue weighted by atomic mass is 79.9. The molecule has 2 aromatic carbocycles. The van der Waals surface area contributed by atoms with Crippen molar-refractivity contribution in [1.29, 1.82) is 0 Å². The number of nitrogens with zero attached hydrogens (tertiary/aromatic N) is 3. The lowest BCUT2D eigenvalue weighted by Gasteiger charge is -2.06. The molecule has 5 nitrogen and oxygen atoms in total. The van der Waals surface area contributed by atoms with E-state index in [4.69, 9.17) is 5.11 Å². The predicted molar refractivity (Wildman–Crippen MR) is 82.5 cm³/mol. The quantitative estimate of drug-likeness (QED) is 0.791. The molecule has 0 aliphatic heterocycles. The van der Waals surface area contributed by atoms with Gasteiger partial charge in [-0.1, -0.05) is 33.3 Å². The summed E-state index contributed by atoms with van der Waals surface area (Å²) >= 11 is 3.44. The van der Waals surface area contributed by atoms with Gasteiger partial charge in [-0.05, 0) is 42.3 Å². The number of aromatic nitrogens is 3. The van der Waals surface area contributed by atoms with Gasteiger partial charge in [-0.15, -0.1) is 5.10 Å². The van der Waals surface area contributed by atoms with Crippen LogP contribution in [-0.4, -0.2) is 26.1 Å². The van der Waals surface area contributed by atoms with Gasteiger partial charge in [0, 0.05) is 4.47 Å². The van der Waals surface area contributed by atoms with Crippen LogP contribution >= 0.6 is 15.9 Å². The normalized spacial score (nSPS) is 11.0. The summed E-state index contributed by atoms with van der Waals surface area (Å²) in [5.41, 5.74) is 3.82. The van der Waals surface area contributed by atoms with Crippen molar-refractivity contribution in [3.8, 4) is 0 Å². The maximum atomic E-state index is 11.0. The molecular weight excluding hydrogens is 334 g/mol. The van der Waals surface area contributed by atoms with Crippen LogP contribution in [0.1, 0.15) is 21.5 Å². The van der Waals surface area contributed by atoms with Crippen molar-refractivity contribution in [3.05, 3.63) is 57.6 Å². The Kier molecular flexibility index (Phi) is 3.47. The summed E-state index contributed by atoms with van der Waals surface area (Å²) in [5, 5.41) is 17.3. The predicted octanol–water partition coefficient (Wildman–Crippen LogP) is 3.25. The molecule has 3 rings (SSSR count). The summed E-state index contributed by atoms with van der Waals surface area (Å²) in [7, 11) is 0. The third kappa shape index (κ3) is 2.67. The number of benzene rings is 2. The Morgan fingerprint density at radius 2 is 2.10 bits per heavy atom. The van der Waals surface area contributed by atoms with Crippen molar-refractivity contribution in [2.45, 2.75) is 13.5 Å². The standard InChI is InChI=1S/C15H12BrN3O2/c1-9-6-10(2-4-12(9)15(20)21)8-19-14-7-11(16)3-5-13(14)17-18-19/h2-7H,8H2,1H3,(H,20,21). The second-order valence-electron chi connectivity index (χ2n) is 4.83. The van der Waals surface area contributed by atoms with Crippen LogP contribution in [0.15, 0.2) is 40.9 Å². The minimum Gasteiger partial charge on any atom is -0.478 e. The van der Waals surface area contributed by atoms with Gasteiger partial charge in [0.15, 0.2) is 0 Å². The fourth-order valence-corrected chi connectivity index (χ4v) is 2.64. The largest absolute Gasteiger partial charge is 0.478 e. The number of hydrogen-bond donors (Lipinski definition) is 1. The van der Waals surface area contributed by atoms with E-state index < -0.39 is 5.97 Å². The van der Waals surface area contributed by atoms with Crippen LogP contribution in [-0.2, 0) is 6.54 Å². The highest BCUT2D eigenvalue weighted by Crippen LogP contribution is 2.19. The smallest absolute Gasteiger partial charge is 0.335 e. The van der Waals surface area contributed by atoms with Crippen LogP contribution in [0.25, 0.3) is 11.0 Å². The van der Waals surface area contributed by atoms with Crippen LogP contribution in [0.4, 0.5) is 0 Å². The summed E-state index contributed by atoms with van der Waals surface area (Å²) in [4.78, 5) is 11.0. The zero-order valence-electron chi connectivity index (χ0n) is 11.2. The second-order valence-corrected chi connectivity index (χ2v) is 5.75. The fraction of sp³-hybridized carbons (Fsp3) is 0.133. The van der Waals surface area contributed by atoms with E-state index in [1.54, 1.807) is 17.7 Å². The number of carbonyl (C=O) groups is 1. The molecule has 0 amide bonds. The van der Waals surface area contributed by atoms with E-state index in [1.165, 1.54) is 0 Å². The summed E-state index contributed by atoms with van der Waals surface area (Å²) in [6, 6.07) is 11.1. The van der Waals surface area contributed by atoms with Gasteiger partial charge in [0.1, 0.15) is 5.52 Å². The van der Waals surface area contributed by atoms with E-state index in [0.29, 0.717) is 12.1 Å². The van der Waals surface area contributed by atoms with Gasteiger partial charge >= 0.3 is 5.97 Å². The highest BCUT2D eigenvalue weighted by Gasteiger charge is 2.09. The molecule has 1 N–H and O–H groups in total. The summed E-state index contributed by atoms with van der Waals surface area (Å²) in [6.45, 7) is 2.34. The Balaban J connectivity index is 1.97. The second kappa shape index (κ2) is 5.29. The third-order valence-electron chi connectivity index (χ3n) is 3.33. The van der Waals surface area contributed by atoms with Crippen LogP contribution in [0.2, 0.25) is 0 Å². The molecule has 0 saturated heterocycles. The van der Waals surface area contributed by atoms with Gasteiger partial charge < -0.3 is 5.11 Å². The van der Waals surface area contributed by atoms with E-state index in [1.807, 2.05) is 30.3 Å². The van der Waals surface area contributed by atoms with E-state index >= 15 is 0 Å². The van der Waals surface area contributed by atoms with Crippen LogP contribution in [0.5, 0.6) is 0 Å². The van der Waals surface area contributed by atoms with Crippen molar-refractivity contribution in [3.63, 3.8) is 0 Å². The minimum absolute atomic E-state index is 0.324. The molecule has 1 heterocycles. The number of halogens is 1. The highest BCUT2D eigenvalue weighted by molar-refractivity contribution is 9.10. The average Bonchev–Trinajstić information content (AvgIpc) is 2.81. The SMILES string of the molecule is Cc1cc(Cn2nnc3ccc(Br)cc32)ccc1C(=O)O. The van der Waals surface area contributed by atoms with E-state index in [2.05, 4.69) is 26.2 Å². The topological polar surface area (TPSA) is 68.0 Å². The van der Waals surface area contributed by atoms with Gasteiger partial charge in [-0.2, -0.15) is 0 Å². The Bertz CT molecular complexity index is 842. The molecule has 3 aromatic rings. The van der Waals surface area contributed by atoms with Crippen LogP contribution in [0, 0.1) is 6.92 Å². The molecule has 0 unspecified atom stereocenters. The molecule has 0 aliphatic rings. The van der Waals surface area contributed by atoms with Gasteiger partial charge in [-0.3, -0.25) is 0 Å². The third-order valence-corrected chi connectivity index (χ3v) is 3.82. The summed E-state index contributed by atoms with van der Waals surface area (Å²) < 4.78 is 2.77. The molecule has 0 atom stereocenters. The van der Waals surface area contributed by atoms with Gasteiger partial charge in [0.05, 0.1) is 17.6 Å². The number of carboxylic acid groups (broad SMARTS) is 1. The molecule has 0 bridgehead atoms. The number of aryl methyl sites for hydroxylation is 1. The van der Waals surface area contributed by atoms with E-state index in [0.717, 1.165) is 26.6 Å². The molecule has 0 spiro atoms. The van der Waals surface area contributed by atoms with Crippen molar-refractivity contribution in [1.82, 2.24) is 15.0 Å². The Morgan fingerprint density at radius 3 is 2.81 bits per heavy atom. The molecule has 0 radical (unpaired) electrons. The summed E-state index contributed by atoms with van der Waals surface area (Å²) in [5.74, 6) is -0.908. The Labute approximate surface area is 129 Å². The number of fused-ring (bicyclic) bond motifs is 1. The monoisotopic (exact) mass is 345 g/mol. The number of carboxylic acids is 1. The number of rotatable bonds is 3. The van der Waals surface area contributed by atoms with E-state index in [-0.39, 0.29) is 0 Å². The number of aromatic carboxylic acids is 1. The zero-order valence-corrected chi connectivity index (χ0v) is 12.8. The summed E-state index contributed by atoms with van der Waals surface area (Å²) in [6.07, 6.45) is 0. The molecule has 1 aromatic heterocycles. The lowest BCUT2D eigenvalue weighted by molar-refractivity contribution is 0.0696. The average molecular weight is 346 g/mol. The van der Waals surface area contributed by atoms with Crippen molar-refractivity contribution in [2.75, 3.05) is 0 Å². The Morgan fingerprint density at radius 1 is 1.29 bits per heavy atom. The van der Waals surface area contributed by atoms with Gasteiger partial charge in [0.25, 0.3) is 0 Å². The van der Waals surface area contributed by atoms with E-state index in [9.17, 15) is 4.79 Å². The van der Waals surface area contributed by atoms with Crippen LogP contribution < -0.4 is 0 Å². The maximum Gasteiger partial charge on any atom is 0.335 e. The molecule has 0 fully saturated rings. The van der Waals surface area contributed by atoms with Gasteiger partial charge in [0.2, 0.25) is 0 Å². The van der Waals surface area contributed by atoms with Crippen molar-refractivity contribution in [2.24, 2.45) is 0 Å². The molecule has 6 heteroatoms. The lowest BCUT2D eigenvalue weighted by atomic mass is 10.1. The van der Waals surface area contributed by atoms with Crippen LogP contribution in [0.3, 0.4) is 0 Å². The molecule has 21 heavy (non-hydrogen) atoms. The van der Waals surface area contributed by atoms with Gasteiger partial charge in [-0.25, -0.2) is 9.48 Å². The molecule has 0 aliphatic carbocycles. The first-order valence-corrected chi connectivity index (χ1v) is 7.15. The first kappa shape index (κ1) is 13.8. The molecule has 106 valence electrons. The zero-order chi connectivity index (χ0) is 15.0. The van der Waals surface area contributed by atoms with Crippen molar-refractivity contribution < 1.29 is 9.90 Å². The first-order chi connectivity index (χ1) is 10.0. The number of hydrogen-bond acceptors (Lipinski definition) is 3. The molecular formula is C15H12BrN3O2. The Hall–Kier alpha value is -2.21. The van der Waals surface area contributed by atoms with Crippen molar-refractivity contribution >= 4 is 32.9 Å². The maximum absolute atomic E-state index is 11.0. The fourth-order valence-electron chi connectivity index (χ4n) is 2.29. The first-order valence-electron chi connectivity index (χ1n) is 6.36. The minimum atomic E-state index is -0.908.